The Bertz CT molecular complexity index is 734. The van der Waals surface area contributed by atoms with E-state index in [1.165, 1.54) is 22.7 Å². The number of benzene rings is 1. The van der Waals surface area contributed by atoms with Crippen LogP contribution in [0, 0.1) is 0 Å². The summed E-state index contributed by atoms with van der Waals surface area (Å²) in [5, 5.41) is 4.12. The van der Waals surface area contributed by atoms with Gasteiger partial charge in [0.2, 0.25) is 0 Å². The topological polar surface area (TPSA) is 39.4 Å². The normalized spacial score (nSPS) is 11.8. The number of halogens is 3. The van der Waals surface area contributed by atoms with Crippen LogP contribution in [0.1, 0.15) is 11.4 Å². The van der Waals surface area contributed by atoms with Gasteiger partial charge in [0.25, 0.3) is 0 Å². The van der Waals surface area contributed by atoms with Crippen molar-refractivity contribution >= 4 is 5.65 Å². The van der Waals surface area contributed by atoms with Gasteiger partial charge in [0.15, 0.2) is 11.5 Å². The van der Waals surface area contributed by atoms with Crippen molar-refractivity contribution < 1.29 is 17.9 Å². The molecule has 21 heavy (non-hydrogen) atoms. The number of fused-ring (bicyclic) bond motifs is 1. The van der Waals surface area contributed by atoms with E-state index in [0.717, 1.165) is 6.07 Å². The average Bonchev–Trinajstić information content (AvgIpc) is 2.87. The summed E-state index contributed by atoms with van der Waals surface area (Å²) in [6.45, 7) is -0.130. The number of pyridine rings is 1. The quantitative estimate of drug-likeness (QED) is 0.743. The molecule has 0 saturated heterocycles. The molecule has 0 spiro atoms. The van der Waals surface area contributed by atoms with Gasteiger partial charge in [-0.2, -0.15) is 13.2 Å². The molecule has 4 nitrogen and oxygen atoms in total. The first-order valence-corrected chi connectivity index (χ1v) is 6.13. The van der Waals surface area contributed by atoms with Crippen LogP contribution in [0.4, 0.5) is 13.2 Å². The molecule has 2 heterocycles. The maximum Gasteiger partial charge on any atom is 0.419 e. The van der Waals surface area contributed by atoms with Gasteiger partial charge >= 0.3 is 6.18 Å². The number of rotatable bonds is 3. The maximum atomic E-state index is 12.8. The lowest BCUT2D eigenvalue weighted by molar-refractivity contribution is -0.139. The predicted octanol–water partition coefficient (Wildman–Crippen LogP) is 3.33. The summed E-state index contributed by atoms with van der Waals surface area (Å²) in [5.74, 6) is 0.0852. The van der Waals surface area contributed by atoms with Crippen molar-refractivity contribution in [2.24, 2.45) is 0 Å². The van der Waals surface area contributed by atoms with Crippen molar-refractivity contribution in [3.63, 3.8) is 0 Å². The highest BCUT2D eigenvalue weighted by Gasteiger charge is 2.34. The van der Waals surface area contributed by atoms with Crippen LogP contribution in [0.25, 0.3) is 5.65 Å². The molecule has 0 aliphatic carbocycles. The van der Waals surface area contributed by atoms with Crippen LogP contribution in [0.2, 0.25) is 0 Å². The molecule has 0 saturated carbocycles. The molecule has 0 radical (unpaired) electrons. The van der Waals surface area contributed by atoms with Gasteiger partial charge in [-0.3, -0.25) is 0 Å². The first kappa shape index (κ1) is 13.4. The van der Waals surface area contributed by atoms with Crippen LogP contribution in [0.15, 0.2) is 48.7 Å². The van der Waals surface area contributed by atoms with Gasteiger partial charge in [0.05, 0.1) is 5.56 Å². The van der Waals surface area contributed by atoms with Crippen LogP contribution >= 0.6 is 0 Å². The molecular formula is C14H10F3N3O. The summed E-state index contributed by atoms with van der Waals surface area (Å²) >= 11 is 0. The second-order valence-electron chi connectivity index (χ2n) is 4.31. The zero-order valence-corrected chi connectivity index (χ0v) is 10.7. The highest BCUT2D eigenvalue weighted by molar-refractivity contribution is 5.37. The van der Waals surface area contributed by atoms with E-state index in [-0.39, 0.29) is 12.4 Å². The third kappa shape index (κ3) is 2.81. The van der Waals surface area contributed by atoms with Gasteiger partial charge in [0.1, 0.15) is 12.4 Å². The fraction of sp³-hybridized carbons (Fsp3) is 0.143. The lowest BCUT2D eigenvalue weighted by atomic mass is 10.2. The van der Waals surface area contributed by atoms with Gasteiger partial charge in [-0.15, -0.1) is 5.10 Å². The molecule has 3 aromatic rings. The molecule has 0 aliphatic rings. The fourth-order valence-electron chi connectivity index (χ4n) is 1.91. The van der Waals surface area contributed by atoms with Gasteiger partial charge in [0, 0.05) is 6.20 Å². The van der Waals surface area contributed by atoms with Crippen LogP contribution in [-0.2, 0) is 12.8 Å². The second-order valence-corrected chi connectivity index (χ2v) is 4.31. The molecule has 1 aromatic carbocycles. The summed E-state index contributed by atoms with van der Waals surface area (Å²) in [6, 6.07) is 10.4. The van der Waals surface area contributed by atoms with E-state index >= 15 is 0 Å². The molecule has 0 amide bonds. The van der Waals surface area contributed by atoms with E-state index in [2.05, 4.69) is 10.1 Å². The zero-order valence-electron chi connectivity index (χ0n) is 10.7. The van der Waals surface area contributed by atoms with Crippen molar-refractivity contribution in [1.29, 1.82) is 0 Å². The number of para-hydroxylation sites is 1. The van der Waals surface area contributed by atoms with Gasteiger partial charge in [-0.25, -0.2) is 9.50 Å². The zero-order chi connectivity index (χ0) is 14.9. The summed E-state index contributed by atoms with van der Waals surface area (Å²) in [7, 11) is 0. The minimum absolute atomic E-state index is 0.130. The van der Waals surface area contributed by atoms with Crippen molar-refractivity contribution in [2.75, 3.05) is 0 Å². The maximum absolute atomic E-state index is 12.8. The first-order valence-electron chi connectivity index (χ1n) is 6.13. The van der Waals surface area contributed by atoms with Crippen LogP contribution in [0.3, 0.4) is 0 Å². The standard InChI is InChI=1S/C14H10F3N3O/c15-14(16,17)10-5-1-2-6-11(10)21-9-12-18-13-7-3-4-8-20(13)19-12/h1-8H,9H2. The Morgan fingerprint density at radius 2 is 1.81 bits per heavy atom. The number of ether oxygens (including phenoxy) is 1. The molecule has 0 aliphatic heterocycles. The number of alkyl halides is 3. The molecule has 3 rings (SSSR count). The van der Waals surface area contributed by atoms with Gasteiger partial charge in [-0.1, -0.05) is 18.2 Å². The van der Waals surface area contributed by atoms with Gasteiger partial charge in [-0.05, 0) is 24.3 Å². The van der Waals surface area contributed by atoms with E-state index in [1.807, 2.05) is 0 Å². The SMILES string of the molecule is FC(F)(F)c1ccccc1OCc1nc2ccccn2n1. The number of hydrogen-bond acceptors (Lipinski definition) is 3. The molecule has 0 unspecified atom stereocenters. The predicted molar refractivity (Wildman–Crippen MR) is 68.8 cm³/mol. The third-order valence-corrected chi connectivity index (χ3v) is 2.83. The molecule has 2 aromatic heterocycles. The number of aromatic nitrogens is 3. The molecule has 0 fully saturated rings. The Balaban J connectivity index is 1.82. The fourth-order valence-corrected chi connectivity index (χ4v) is 1.91. The van der Waals surface area contributed by atoms with E-state index < -0.39 is 11.7 Å². The molecule has 0 bridgehead atoms. The minimum Gasteiger partial charge on any atom is -0.485 e. The average molecular weight is 293 g/mol. The summed E-state index contributed by atoms with van der Waals surface area (Å²) < 4.78 is 45.2. The Labute approximate surface area is 117 Å². The Morgan fingerprint density at radius 3 is 2.57 bits per heavy atom. The highest BCUT2D eigenvalue weighted by Crippen LogP contribution is 2.36. The Kier molecular flexibility index (Phi) is 3.25. The monoisotopic (exact) mass is 293 g/mol. The van der Waals surface area contributed by atoms with Crippen molar-refractivity contribution in [3.8, 4) is 5.75 Å². The lowest BCUT2D eigenvalue weighted by Gasteiger charge is -2.12. The van der Waals surface area contributed by atoms with Crippen LogP contribution < -0.4 is 4.74 Å². The first-order chi connectivity index (χ1) is 10.0. The summed E-state index contributed by atoms with van der Waals surface area (Å²) in [5.41, 5.74) is -0.200. The van der Waals surface area contributed by atoms with E-state index in [9.17, 15) is 13.2 Å². The number of hydrogen-bond donors (Lipinski definition) is 0. The van der Waals surface area contributed by atoms with E-state index in [1.54, 1.807) is 24.4 Å². The third-order valence-electron chi connectivity index (χ3n) is 2.83. The van der Waals surface area contributed by atoms with Crippen molar-refractivity contribution in [3.05, 3.63) is 60.0 Å². The van der Waals surface area contributed by atoms with Gasteiger partial charge < -0.3 is 4.74 Å². The largest absolute Gasteiger partial charge is 0.485 e. The Hall–Kier alpha value is -2.57. The molecule has 0 atom stereocenters. The lowest BCUT2D eigenvalue weighted by Crippen LogP contribution is -2.09. The van der Waals surface area contributed by atoms with Crippen LogP contribution in [0.5, 0.6) is 5.75 Å². The van der Waals surface area contributed by atoms with E-state index in [0.29, 0.717) is 11.5 Å². The van der Waals surface area contributed by atoms with E-state index in [4.69, 9.17) is 4.74 Å². The smallest absolute Gasteiger partial charge is 0.419 e. The van der Waals surface area contributed by atoms with Crippen molar-refractivity contribution in [2.45, 2.75) is 12.8 Å². The minimum atomic E-state index is -4.46. The highest BCUT2D eigenvalue weighted by atomic mass is 19.4. The molecule has 108 valence electrons. The van der Waals surface area contributed by atoms with Crippen LogP contribution in [-0.4, -0.2) is 14.6 Å². The molecule has 0 N–H and O–H groups in total. The molecular weight excluding hydrogens is 283 g/mol. The number of nitrogens with zero attached hydrogens (tertiary/aromatic N) is 3. The molecule has 7 heteroatoms. The Morgan fingerprint density at radius 1 is 1.05 bits per heavy atom. The van der Waals surface area contributed by atoms with Crippen molar-refractivity contribution in [1.82, 2.24) is 14.6 Å². The summed E-state index contributed by atoms with van der Waals surface area (Å²) in [6.07, 6.45) is -2.75. The summed E-state index contributed by atoms with van der Waals surface area (Å²) in [4.78, 5) is 4.17. The second kappa shape index (κ2) is 5.08.